The van der Waals surface area contributed by atoms with Gasteiger partial charge in [0.25, 0.3) is 0 Å². The topological polar surface area (TPSA) is 77.4 Å². The standard InChI is InChI=1S/C21H16N6S/c22-26-20(23-24-21(26)28)15-10-12-16(13-11-15)27-18-9-5-4-8-17(18)19(25-27)14-6-2-1-3-7-14/h1-13H,22H2,(H,24,28). The molecule has 2 aromatic heterocycles. The van der Waals surface area contributed by atoms with Crippen molar-refractivity contribution in [2.24, 2.45) is 0 Å². The largest absolute Gasteiger partial charge is 0.335 e. The van der Waals surface area contributed by atoms with Crippen LogP contribution in [0.1, 0.15) is 0 Å². The fourth-order valence-electron chi connectivity index (χ4n) is 3.33. The van der Waals surface area contributed by atoms with Gasteiger partial charge in [-0.2, -0.15) is 10.2 Å². The predicted molar refractivity (Wildman–Crippen MR) is 113 cm³/mol. The number of rotatable bonds is 3. The molecule has 0 aliphatic heterocycles. The zero-order chi connectivity index (χ0) is 19.1. The number of fused-ring (bicyclic) bond motifs is 1. The van der Waals surface area contributed by atoms with Crippen molar-refractivity contribution in [2.75, 3.05) is 5.84 Å². The number of hydrogen-bond acceptors (Lipinski definition) is 4. The molecule has 0 aliphatic rings. The van der Waals surface area contributed by atoms with E-state index < -0.39 is 0 Å². The second kappa shape index (κ2) is 6.47. The van der Waals surface area contributed by atoms with E-state index in [1.807, 2.05) is 59.3 Å². The van der Waals surface area contributed by atoms with Crippen molar-refractivity contribution in [1.82, 2.24) is 24.7 Å². The molecule has 3 N–H and O–H groups in total. The summed E-state index contributed by atoms with van der Waals surface area (Å²) >= 11 is 5.08. The lowest BCUT2D eigenvalue weighted by molar-refractivity contribution is 0.914. The van der Waals surface area contributed by atoms with Crippen molar-refractivity contribution in [2.45, 2.75) is 0 Å². The molecule has 0 aliphatic carbocycles. The number of H-pyrrole nitrogens is 1. The first-order valence-electron chi connectivity index (χ1n) is 8.79. The van der Waals surface area contributed by atoms with Crippen LogP contribution in [0.25, 0.3) is 39.2 Å². The molecule has 5 rings (SSSR count). The third kappa shape index (κ3) is 2.60. The fraction of sp³-hybridized carbons (Fsp3) is 0. The summed E-state index contributed by atoms with van der Waals surface area (Å²) in [6.07, 6.45) is 0. The number of para-hydroxylation sites is 1. The Morgan fingerprint density at radius 1 is 0.821 bits per heavy atom. The minimum absolute atomic E-state index is 0.379. The van der Waals surface area contributed by atoms with Crippen molar-refractivity contribution >= 4 is 23.1 Å². The molecule has 0 atom stereocenters. The van der Waals surface area contributed by atoms with Crippen LogP contribution < -0.4 is 5.84 Å². The van der Waals surface area contributed by atoms with Gasteiger partial charge in [-0.25, -0.2) is 14.5 Å². The van der Waals surface area contributed by atoms with E-state index in [-0.39, 0.29) is 0 Å². The monoisotopic (exact) mass is 384 g/mol. The Labute approximate surface area is 165 Å². The summed E-state index contributed by atoms with van der Waals surface area (Å²) in [5, 5.41) is 12.9. The zero-order valence-electron chi connectivity index (χ0n) is 14.8. The summed E-state index contributed by atoms with van der Waals surface area (Å²) in [6.45, 7) is 0. The lowest BCUT2D eigenvalue weighted by Crippen LogP contribution is -2.09. The average molecular weight is 384 g/mol. The summed E-state index contributed by atoms with van der Waals surface area (Å²) in [5.41, 5.74) is 4.93. The Morgan fingerprint density at radius 2 is 1.54 bits per heavy atom. The number of nitrogen functional groups attached to an aromatic ring is 1. The third-order valence-corrected chi connectivity index (χ3v) is 5.00. The molecular weight excluding hydrogens is 368 g/mol. The molecule has 6 nitrogen and oxygen atoms in total. The van der Waals surface area contributed by atoms with Crippen molar-refractivity contribution in [3.63, 3.8) is 0 Å². The molecular formula is C21H16N6S. The second-order valence-corrected chi connectivity index (χ2v) is 6.80. The highest BCUT2D eigenvalue weighted by molar-refractivity contribution is 7.71. The highest BCUT2D eigenvalue weighted by Crippen LogP contribution is 2.30. The summed E-state index contributed by atoms with van der Waals surface area (Å²) in [5.74, 6) is 6.52. The van der Waals surface area contributed by atoms with Crippen LogP contribution in [0, 0.1) is 4.77 Å². The minimum Gasteiger partial charge on any atom is -0.335 e. The summed E-state index contributed by atoms with van der Waals surface area (Å²) in [7, 11) is 0. The molecule has 0 radical (unpaired) electrons. The summed E-state index contributed by atoms with van der Waals surface area (Å²) < 4.78 is 3.70. The molecule has 3 aromatic carbocycles. The van der Waals surface area contributed by atoms with Gasteiger partial charge in [-0.05, 0) is 42.5 Å². The fourth-order valence-corrected chi connectivity index (χ4v) is 3.46. The normalized spacial score (nSPS) is 11.1. The van der Waals surface area contributed by atoms with Gasteiger partial charge in [0, 0.05) is 16.5 Å². The molecule has 2 heterocycles. The maximum absolute atomic E-state index is 5.93. The Kier molecular flexibility index (Phi) is 3.80. The first-order chi connectivity index (χ1) is 13.7. The first kappa shape index (κ1) is 16.5. The van der Waals surface area contributed by atoms with E-state index in [1.165, 1.54) is 4.68 Å². The Morgan fingerprint density at radius 3 is 2.25 bits per heavy atom. The summed E-state index contributed by atoms with van der Waals surface area (Å²) in [4.78, 5) is 0. The third-order valence-electron chi connectivity index (χ3n) is 4.71. The van der Waals surface area contributed by atoms with Gasteiger partial charge in [-0.1, -0.05) is 48.5 Å². The lowest BCUT2D eigenvalue weighted by atomic mass is 10.1. The predicted octanol–water partition coefficient (Wildman–Crippen LogP) is 4.33. The van der Waals surface area contributed by atoms with Crippen LogP contribution >= 0.6 is 12.2 Å². The smallest absolute Gasteiger partial charge is 0.214 e. The van der Waals surface area contributed by atoms with Crippen molar-refractivity contribution < 1.29 is 0 Å². The van der Waals surface area contributed by atoms with Gasteiger partial charge < -0.3 is 5.84 Å². The van der Waals surface area contributed by atoms with Crippen molar-refractivity contribution in [3.05, 3.63) is 83.6 Å². The maximum atomic E-state index is 5.93. The molecule has 136 valence electrons. The van der Waals surface area contributed by atoms with E-state index in [4.69, 9.17) is 23.2 Å². The highest BCUT2D eigenvalue weighted by Gasteiger charge is 2.13. The maximum Gasteiger partial charge on any atom is 0.214 e. The second-order valence-electron chi connectivity index (χ2n) is 6.41. The van der Waals surface area contributed by atoms with Crippen LogP contribution in [0.3, 0.4) is 0 Å². The number of aromatic amines is 1. The van der Waals surface area contributed by atoms with Gasteiger partial charge >= 0.3 is 0 Å². The van der Waals surface area contributed by atoms with Gasteiger partial charge in [0.15, 0.2) is 5.82 Å². The molecule has 0 saturated carbocycles. The molecule has 0 bridgehead atoms. The number of nitrogens with two attached hydrogens (primary N) is 1. The van der Waals surface area contributed by atoms with Crippen LogP contribution in [0.15, 0.2) is 78.9 Å². The molecule has 0 amide bonds. The van der Waals surface area contributed by atoms with E-state index >= 15 is 0 Å². The Balaban J connectivity index is 1.64. The van der Waals surface area contributed by atoms with Crippen LogP contribution in [0.5, 0.6) is 0 Å². The Hall–Kier alpha value is -3.71. The minimum atomic E-state index is 0.379. The molecule has 5 aromatic rings. The quantitative estimate of drug-likeness (QED) is 0.359. The van der Waals surface area contributed by atoms with Crippen LogP contribution in [0.4, 0.5) is 0 Å². The SMILES string of the molecule is Nn1c(-c2ccc(-n3nc(-c4ccccc4)c4ccccc43)cc2)n[nH]c1=S. The lowest BCUT2D eigenvalue weighted by Gasteiger charge is -2.05. The van der Waals surface area contributed by atoms with Crippen LogP contribution in [-0.2, 0) is 0 Å². The number of aromatic nitrogens is 5. The summed E-state index contributed by atoms with van der Waals surface area (Å²) in [6, 6.07) is 26.4. The van der Waals surface area contributed by atoms with Crippen LogP contribution in [0.2, 0.25) is 0 Å². The molecule has 0 unspecified atom stereocenters. The van der Waals surface area contributed by atoms with E-state index in [0.717, 1.165) is 33.4 Å². The van der Waals surface area contributed by atoms with Crippen molar-refractivity contribution in [1.29, 1.82) is 0 Å². The zero-order valence-corrected chi connectivity index (χ0v) is 15.6. The Bertz CT molecular complexity index is 1330. The van der Waals surface area contributed by atoms with E-state index in [2.05, 4.69) is 34.5 Å². The van der Waals surface area contributed by atoms with Gasteiger partial charge in [0.1, 0.15) is 5.69 Å². The van der Waals surface area contributed by atoms with Gasteiger partial charge in [0.05, 0.1) is 11.2 Å². The molecule has 28 heavy (non-hydrogen) atoms. The van der Waals surface area contributed by atoms with Gasteiger partial charge in [0.2, 0.25) is 4.77 Å². The number of benzene rings is 3. The number of nitrogens with zero attached hydrogens (tertiary/aromatic N) is 4. The molecule has 0 spiro atoms. The molecule has 0 saturated heterocycles. The average Bonchev–Trinajstić information content (AvgIpc) is 3.30. The number of hydrogen-bond donors (Lipinski definition) is 2. The molecule has 7 heteroatoms. The van der Waals surface area contributed by atoms with E-state index in [1.54, 1.807) is 0 Å². The molecule has 0 fully saturated rings. The van der Waals surface area contributed by atoms with Gasteiger partial charge in [-0.15, -0.1) is 0 Å². The van der Waals surface area contributed by atoms with Crippen molar-refractivity contribution in [3.8, 4) is 28.3 Å². The first-order valence-corrected chi connectivity index (χ1v) is 9.20. The van der Waals surface area contributed by atoms with E-state index in [0.29, 0.717) is 10.6 Å². The highest BCUT2D eigenvalue weighted by atomic mass is 32.1. The van der Waals surface area contributed by atoms with E-state index in [9.17, 15) is 0 Å². The number of nitrogens with one attached hydrogen (secondary N) is 1. The van der Waals surface area contributed by atoms with Crippen LogP contribution in [-0.4, -0.2) is 24.7 Å². The van der Waals surface area contributed by atoms with Gasteiger partial charge in [-0.3, -0.25) is 0 Å².